The molecule has 2 unspecified atom stereocenters. The number of aliphatic carboxylic acids is 1. The van der Waals surface area contributed by atoms with E-state index in [1.54, 1.807) is 20.8 Å². The zero-order valence-corrected chi connectivity index (χ0v) is 36.1. The number of carbonyl (C=O) groups excluding carboxylic acids is 3. The third-order valence-corrected chi connectivity index (χ3v) is 13.2. The number of aromatic nitrogens is 4. The number of nitrogens with two attached hydrogens (primary N) is 1. The van der Waals surface area contributed by atoms with Crippen LogP contribution in [0.15, 0.2) is 109 Å². The van der Waals surface area contributed by atoms with Gasteiger partial charge in [0.25, 0.3) is 0 Å². The maximum Gasteiger partial charge on any atom is 0.356 e. The van der Waals surface area contributed by atoms with Crippen molar-refractivity contribution in [3.05, 3.63) is 165 Å². The second kappa shape index (κ2) is 16.6. The SMILES string of the molecule is CC1(C(=O)O)CC2(C#N)c3ccccc3C1c1ccccc12.CCOC(=O)c1cnc(N)[nH]1.CCOC(=O)c1cnc(NC(=O)C2(C)CC3(C#N)c4ccccc4C2c2ccccc23)[nH]1. The van der Waals surface area contributed by atoms with E-state index in [9.17, 15) is 34.8 Å². The number of rotatable bonds is 7. The lowest BCUT2D eigenvalue weighted by molar-refractivity contribution is -0.150. The summed E-state index contributed by atoms with van der Waals surface area (Å²) < 4.78 is 9.65. The number of nitrogen functional groups attached to an aromatic ring is 1. The molecule has 6 N–H and O–H groups in total. The number of carbonyl (C=O) groups is 4. The Balaban J connectivity index is 0.000000150. The van der Waals surface area contributed by atoms with E-state index >= 15 is 0 Å². The predicted octanol–water partition coefficient (Wildman–Crippen LogP) is 7.49. The van der Waals surface area contributed by atoms with E-state index < -0.39 is 39.6 Å². The van der Waals surface area contributed by atoms with Crippen LogP contribution >= 0.6 is 0 Å². The van der Waals surface area contributed by atoms with Gasteiger partial charge >= 0.3 is 17.9 Å². The van der Waals surface area contributed by atoms with Crippen molar-refractivity contribution in [3.63, 3.8) is 0 Å². The van der Waals surface area contributed by atoms with Gasteiger partial charge in [0, 0.05) is 11.8 Å². The molecule has 328 valence electrons. The Kier molecular flexibility index (Phi) is 11.1. The van der Waals surface area contributed by atoms with Crippen LogP contribution in [0.25, 0.3) is 0 Å². The van der Waals surface area contributed by atoms with E-state index in [1.807, 2.05) is 104 Å². The number of ether oxygens (including phenoxy) is 2. The van der Waals surface area contributed by atoms with Crippen LogP contribution in [0.3, 0.4) is 0 Å². The zero-order chi connectivity index (χ0) is 46.3. The summed E-state index contributed by atoms with van der Waals surface area (Å²) in [6.45, 7) is 7.72. The van der Waals surface area contributed by atoms with Gasteiger partial charge in [0.05, 0.1) is 48.6 Å². The number of nitrogens with one attached hydrogen (secondary N) is 3. The number of hydrogen-bond donors (Lipinski definition) is 5. The minimum absolute atomic E-state index is 0.168. The lowest BCUT2D eigenvalue weighted by atomic mass is 9.47. The Morgan fingerprint density at radius 2 is 1.06 bits per heavy atom. The van der Waals surface area contributed by atoms with Gasteiger partial charge in [-0.05, 0) is 85.0 Å². The van der Waals surface area contributed by atoms with Gasteiger partial charge in [0.2, 0.25) is 11.9 Å². The molecule has 2 aromatic heterocycles. The molecule has 0 saturated heterocycles. The minimum Gasteiger partial charge on any atom is -0.481 e. The summed E-state index contributed by atoms with van der Waals surface area (Å²) in [7, 11) is 0. The van der Waals surface area contributed by atoms with Crippen LogP contribution in [-0.2, 0) is 29.9 Å². The van der Waals surface area contributed by atoms with Gasteiger partial charge in [-0.15, -0.1) is 0 Å². The van der Waals surface area contributed by atoms with Crippen molar-refractivity contribution < 1.29 is 33.8 Å². The third kappa shape index (κ3) is 6.87. The highest BCUT2D eigenvalue weighted by molar-refractivity contribution is 5.97. The number of carboxylic acids is 1. The molecule has 2 heterocycles. The number of hydrogen-bond acceptors (Lipinski definition) is 11. The minimum atomic E-state index is -0.960. The van der Waals surface area contributed by atoms with Gasteiger partial charge in [0.1, 0.15) is 22.2 Å². The van der Waals surface area contributed by atoms with Crippen LogP contribution < -0.4 is 11.1 Å². The van der Waals surface area contributed by atoms with E-state index in [0.717, 1.165) is 44.5 Å². The maximum absolute atomic E-state index is 13.7. The van der Waals surface area contributed by atoms with Crippen LogP contribution in [0.5, 0.6) is 0 Å². The first-order valence-corrected chi connectivity index (χ1v) is 21.2. The fourth-order valence-electron chi connectivity index (χ4n) is 10.6. The molecule has 6 aliphatic carbocycles. The Morgan fingerprint density at radius 1 is 0.677 bits per heavy atom. The van der Waals surface area contributed by atoms with Gasteiger partial charge in [0.15, 0.2) is 5.95 Å². The normalized spacial score (nSPS) is 24.3. The number of benzene rings is 4. The highest BCUT2D eigenvalue weighted by Gasteiger charge is 2.62. The van der Waals surface area contributed by atoms with Gasteiger partial charge in [-0.2, -0.15) is 10.5 Å². The molecule has 1 amide bonds. The molecule has 6 aromatic rings. The molecule has 0 saturated carbocycles. The molecule has 15 nitrogen and oxygen atoms in total. The fourth-order valence-corrected chi connectivity index (χ4v) is 10.6. The number of carboxylic acid groups (broad SMARTS) is 1. The van der Waals surface area contributed by atoms with Crippen molar-refractivity contribution in [1.82, 2.24) is 19.9 Å². The van der Waals surface area contributed by atoms with E-state index in [4.69, 9.17) is 10.5 Å². The van der Waals surface area contributed by atoms with Gasteiger partial charge in [-0.3, -0.25) is 14.9 Å². The van der Waals surface area contributed by atoms with Crippen molar-refractivity contribution in [1.29, 1.82) is 10.5 Å². The van der Waals surface area contributed by atoms with Crippen LogP contribution in [0.4, 0.5) is 11.9 Å². The van der Waals surface area contributed by atoms with Gasteiger partial charge < -0.3 is 30.3 Å². The van der Waals surface area contributed by atoms with Crippen molar-refractivity contribution >= 4 is 35.7 Å². The molecular formula is C50H46N8O7. The number of aromatic amines is 2. The molecular weight excluding hydrogens is 825 g/mol. The molecule has 65 heavy (non-hydrogen) atoms. The summed E-state index contributed by atoms with van der Waals surface area (Å²) in [5.74, 6) is -2.07. The molecule has 4 aromatic carbocycles. The number of fused-ring (bicyclic) bond motifs is 2. The standard InChI is InChI=1S/C25H22N4O3.C19H15NO2.C6H9N3O2/c1-3-32-21(30)19-12-27-23(28-19)29-22(31)24(2)13-25(14-26)17-10-6-4-8-15(17)20(24)16-9-5-7-11-18(16)25;1-18(17(21)22)10-19(11-20)14-8-4-2-6-12(14)16(18)13-7-3-5-9-15(13)19;1-2-11-5(10)4-3-8-6(7)9-4/h4-12,20H,3,13H2,1-2H3,(H2,27,28,29,31);2-9,16H,10H2,1H3,(H,21,22);3H,2H2,1H3,(H3,7,8,9). The van der Waals surface area contributed by atoms with E-state index in [0.29, 0.717) is 19.4 Å². The summed E-state index contributed by atoms with van der Waals surface area (Å²) in [5, 5.41) is 33.2. The topological polar surface area (TPSA) is 250 Å². The fraction of sp³-hybridized carbons (Fsp3) is 0.280. The van der Waals surface area contributed by atoms with Crippen LogP contribution in [0, 0.1) is 33.5 Å². The molecule has 0 spiro atoms. The quantitative estimate of drug-likeness (QED) is 0.0979. The first-order chi connectivity index (χ1) is 31.2. The monoisotopic (exact) mass is 870 g/mol. The van der Waals surface area contributed by atoms with Crippen molar-refractivity contribution in [2.75, 3.05) is 24.3 Å². The average molecular weight is 871 g/mol. The number of nitriles is 2. The summed E-state index contributed by atoms with van der Waals surface area (Å²) >= 11 is 0. The first kappa shape index (κ1) is 43.6. The van der Waals surface area contributed by atoms with Crippen molar-refractivity contribution in [3.8, 4) is 12.1 Å². The Hall–Kier alpha value is -8.04. The number of anilines is 2. The van der Waals surface area contributed by atoms with Crippen LogP contribution in [0.2, 0.25) is 0 Å². The first-order valence-electron chi connectivity index (χ1n) is 21.2. The Labute approximate surface area is 374 Å². The Morgan fingerprint density at radius 3 is 1.45 bits per heavy atom. The van der Waals surface area contributed by atoms with E-state index in [2.05, 4.69) is 42.1 Å². The lowest BCUT2D eigenvalue weighted by Gasteiger charge is -2.54. The number of amides is 1. The largest absolute Gasteiger partial charge is 0.481 e. The van der Waals surface area contributed by atoms with Crippen molar-refractivity contribution in [2.24, 2.45) is 10.8 Å². The molecule has 4 bridgehead atoms. The number of nitrogens with zero attached hydrogens (tertiary/aromatic N) is 4. The average Bonchev–Trinajstić information content (AvgIpc) is 3.99. The zero-order valence-electron chi connectivity index (χ0n) is 36.1. The van der Waals surface area contributed by atoms with Gasteiger partial charge in [-0.1, -0.05) is 97.1 Å². The summed E-state index contributed by atoms with van der Waals surface area (Å²) in [6.07, 6.45) is 3.36. The number of esters is 2. The molecule has 2 atom stereocenters. The van der Waals surface area contributed by atoms with Crippen LogP contribution in [0.1, 0.15) is 118 Å². The molecule has 6 aliphatic rings. The molecule has 15 heteroatoms. The Bertz CT molecular complexity index is 2860. The highest BCUT2D eigenvalue weighted by atomic mass is 16.5. The molecule has 0 fully saturated rings. The predicted molar refractivity (Wildman–Crippen MR) is 237 cm³/mol. The van der Waals surface area contributed by atoms with Crippen molar-refractivity contribution in [2.45, 2.75) is 63.2 Å². The smallest absolute Gasteiger partial charge is 0.356 e. The van der Waals surface area contributed by atoms with Crippen LogP contribution in [-0.4, -0.2) is 62.1 Å². The maximum atomic E-state index is 13.7. The third-order valence-electron chi connectivity index (χ3n) is 13.2. The van der Waals surface area contributed by atoms with Gasteiger partial charge in [-0.25, -0.2) is 19.6 Å². The lowest BCUT2D eigenvalue weighted by Crippen LogP contribution is -2.53. The second-order valence-electron chi connectivity index (χ2n) is 17.0. The number of imidazole rings is 2. The summed E-state index contributed by atoms with van der Waals surface area (Å²) in [5.41, 5.74) is 9.92. The van der Waals surface area contributed by atoms with E-state index in [1.165, 1.54) is 12.4 Å². The van der Waals surface area contributed by atoms with E-state index in [-0.39, 0.29) is 47.6 Å². The molecule has 0 aliphatic heterocycles. The molecule has 12 rings (SSSR count). The second-order valence-corrected chi connectivity index (χ2v) is 17.0. The number of H-pyrrole nitrogens is 2. The summed E-state index contributed by atoms with van der Waals surface area (Å²) in [4.78, 5) is 61.7. The molecule has 0 radical (unpaired) electrons. The highest BCUT2D eigenvalue weighted by Crippen LogP contribution is 2.65. The summed E-state index contributed by atoms with van der Waals surface area (Å²) in [6, 6.07) is 36.4.